The summed E-state index contributed by atoms with van der Waals surface area (Å²) >= 11 is 3.81. The third-order valence-corrected chi connectivity index (χ3v) is 14.2. The number of hydrogen-bond donors (Lipinski definition) is 1. The number of carbonyl (C=O) groups is 2. The van der Waals surface area contributed by atoms with Crippen LogP contribution in [-0.4, -0.2) is 21.7 Å². The SMILES string of the molecule is CC(C)[C@@H]1CC[C@]2(C(=O)O)CC[C@]3(C)C(CCC4[C@@]5(C)CC(Br)C(=O)C(C)(C)C5CC[C@]43C)C12. The van der Waals surface area contributed by atoms with E-state index in [4.69, 9.17) is 0 Å². The van der Waals surface area contributed by atoms with Gasteiger partial charge in [0.2, 0.25) is 0 Å². The predicted molar refractivity (Wildman–Crippen MR) is 140 cm³/mol. The highest BCUT2D eigenvalue weighted by atomic mass is 79.9. The van der Waals surface area contributed by atoms with Crippen molar-refractivity contribution < 1.29 is 14.7 Å². The van der Waals surface area contributed by atoms with Crippen LogP contribution in [0.15, 0.2) is 0 Å². The Kier molecular flexibility index (Phi) is 5.63. The predicted octanol–water partition coefficient (Wildman–Crippen LogP) is 7.75. The fraction of sp³-hybridized carbons (Fsp3) is 0.933. The molecule has 0 aromatic heterocycles. The van der Waals surface area contributed by atoms with Crippen LogP contribution in [0, 0.1) is 62.6 Å². The molecule has 3 nitrogen and oxygen atoms in total. The van der Waals surface area contributed by atoms with Crippen LogP contribution in [0.4, 0.5) is 0 Å². The zero-order valence-corrected chi connectivity index (χ0v) is 24.1. The van der Waals surface area contributed by atoms with Crippen LogP contribution in [0.1, 0.15) is 106 Å². The van der Waals surface area contributed by atoms with Gasteiger partial charge in [0.1, 0.15) is 0 Å². The molecule has 5 aliphatic rings. The fourth-order valence-corrected chi connectivity index (χ4v) is 12.9. The van der Waals surface area contributed by atoms with Gasteiger partial charge < -0.3 is 5.11 Å². The summed E-state index contributed by atoms with van der Waals surface area (Å²) in [6.07, 6.45) is 9.52. The van der Waals surface area contributed by atoms with Gasteiger partial charge in [-0.1, -0.05) is 64.4 Å². The van der Waals surface area contributed by atoms with Crippen LogP contribution in [0.5, 0.6) is 0 Å². The van der Waals surface area contributed by atoms with Gasteiger partial charge in [-0.3, -0.25) is 9.59 Å². The molecule has 5 saturated carbocycles. The molecule has 0 spiro atoms. The third kappa shape index (κ3) is 2.87. The minimum absolute atomic E-state index is 0.0391. The number of hydrogen-bond acceptors (Lipinski definition) is 2. The van der Waals surface area contributed by atoms with Crippen molar-refractivity contribution in [2.75, 3.05) is 0 Å². The Morgan fingerprint density at radius 3 is 2.21 bits per heavy atom. The summed E-state index contributed by atoms with van der Waals surface area (Å²) in [6, 6.07) is 0. The summed E-state index contributed by atoms with van der Waals surface area (Å²) < 4.78 is 0. The quantitative estimate of drug-likeness (QED) is 0.368. The standard InChI is InChI=1S/C30H47BrO3/c1-17(2)18-10-13-30(25(33)34)15-14-28(6)19(23(18)30)8-9-22-27(5)16-20(31)24(32)26(3,4)21(27)11-12-29(22,28)7/h17-23H,8-16H2,1-7H3,(H,33,34)/t18-,19?,20?,21?,22?,23?,27-,28+,29+,30-/m0/s1. The molecule has 0 aliphatic heterocycles. The van der Waals surface area contributed by atoms with Gasteiger partial charge in [0.15, 0.2) is 5.78 Å². The Morgan fingerprint density at radius 1 is 0.912 bits per heavy atom. The topological polar surface area (TPSA) is 54.4 Å². The molecule has 5 fully saturated rings. The van der Waals surface area contributed by atoms with Crippen LogP contribution in [0.2, 0.25) is 0 Å². The first kappa shape index (κ1) is 25.3. The molecule has 0 amide bonds. The molecule has 0 aromatic carbocycles. The summed E-state index contributed by atoms with van der Waals surface area (Å²) in [6.45, 7) is 16.7. The van der Waals surface area contributed by atoms with Crippen molar-refractivity contribution in [3.8, 4) is 0 Å². The highest BCUT2D eigenvalue weighted by Gasteiger charge is 2.72. The molecular formula is C30H47BrO3. The monoisotopic (exact) mass is 534 g/mol. The number of halogens is 1. The van der Waals surface area contributed by atoms with Crippen LogP contribution >= 0.6 is 15.9 Å². The van der Waals surface area contributed by atoms with Gasteiger partial charge in [-0.15, -0.1) is 0 Å². The lowest BCUT2D eigenvalue weighted by molar-refractivity contribution is -0.236. The van der Waals surface area contributed by atoms with E-state index < -0.39 is 11.4 Å². The first-order chi connectivity index (χ1) is 15.7. The van der Waals surface area contributed by atoms with Crippen LogP contribution in [0.25, 0.3) is 0 Å². The van der Waals surface area contributed by atoms with E-state index in [9.17, 15) is 14.7 Å². The van der Waals surface area contributed by atoms with Gasteiger partial charge in [0, 0.05) is 5.41 Å². The number of aliphatic carboxylic acids is 1. The largest absolute Gasteiger partial charge is 0.481 e. The summed E-state index contributed by atoms with van der Waals surface area (Å²) in [7, 11) is 0. The van der Waals surface area contributed by atoms with Gasteiger partial charge in [-0.05, 0) is 110 Å². The van der Waals surface area contributed by atoms with E-state index in [1.165, 1.54) is 19.3 Å². The number of carboxylic acids is 1. The number of Topliss-reactive ketones (excluding diaryl/α,β-unsaturated/α-hetero) is 1. The number of ketones is 1. The molecule has 0 saturated heterocycles. The van der Waals surface area contributed by atoms with Crippen molar-refractivity contribution in [2.24, 2.45) is 62.6 Å². The smallest absolute Gasteiger partial charge is 0.309 e. The molecule has 34 heavy (non-hydrogen) atoms. The lowest BCUT2D eigenvalue weighted by Crippen LogP contribution is -2.67. The van der Waals surface area contributed by atoms with Crippen LogP contribution in [-0.2, 0) is 9.59 Å². The van der Waals surface area contributed by atoms with Crippen LogP contribution < -0.4 is 0 Å². The Hall–Kier alpha value is -0.380. The van der Waals surface area contributed by atoms with Gasteiger partial charge in [0.25, 0.3) is 0 Å². The number of fused-ring (bicyclic) bond motifs is 7. The van der Waals surface area contributed by atoms with Gasteiger partial charge >= 0.3 is 5.97 Å². The molecular weight excluding hydrogens is 488 g/mol. The van der Waals surface area contributed by atoms with Crippen molar-refractivity contribution in [3.63, 3.8) is 0 Å². The Bertz CT molecular complexity index is 895. The van der Waals surface area contributed by atoms with Crippen molar-refractivity contribution in [1.82, 2.24) is 0 Å². The third-order valence-electron chi connectivity index (χ3n) is 13.4. The maximum atomic E-state index is 13.2. The fourth-order valence-electron chi connectivity index (χ4n) is 11.7. The van der Waals surface area contributed by atoms with Crippen molar-refractivity contribution in [2.45, 2.75) is 111 Å². The second kappa shape index (κ2) is 7.57. The molecule has 192 valence electrons. The second-order valence-corrected chi connectivity index (χ2v) is 16.0. The average Bonchev–Trinajstić information content (AvgIpc) is 3.14. The summed E-state index contributed by atoms with van der Waals surface area (Å²) in [5.41, 5.74) is -0.234. The molecule has 10 atom stereocenters. The van der Waals surface area contributed by atoms with Gasteiger partial charge in [-0.2, -0.15) is 0 Å². The maximum absolute atomic E-state index is 13.2. The molecule has 5 rings (SSSR count). The summed E-state index contributed by atoms with van der Waals surface area (Å²) in [5.74, 6) is 2.83. The van der Waals surface area contributed by atoms with E-state index in [0.717, 1.165) is 38.5 Å². The van der Waals surface area contributed by atoms with Crippen molar-refractivity contribution in [3.05, 3.63) is 0 Å². The van der Waals surface area contributed by atoms with E-state index in [2.05, 4.69) is 64.4 Å². The van der Waals surface area contributed by atoms with E-state index in [1.54, 1.807) is 0 Å². The van der Waals surface area contributed by atoms with Crippen molar-refractivity contribution >= 4 is 27.7 Å². The van der Waals surface area contributed by atoms with E-state index >= 15 is 0 Å². The molecule has 4 heteroatoms. The lowest BCUT2D eigenvalue weighted by Gasteiger charge is -2.72. The minimum atomic E-state index is -0.514. The van der Waals surface area contributed by atoms with E-state index in [1.807, 2.05) is 0 Å². The highest BCUT2D eigenvalue weighted by molar-refractivity contribution is 9.10. The zero-order valence-electron chi connectivity index (χ0n) is 22.5. The minimum Gasteiger partial charge on any atom is -0.481 e. The molecule has 0 aromatic rings. The van der Waals surface area contributed by atoms with E-state index in [-0.39, 0.29) is 26.5 Å². The summed E-state index contributed by atoms with van der Waals surface area (Å²) in [4.78, 5) is 26.0. The zero-order chi connectivity index (χ0) is 25.1. The Morgan fingerprint density at radius 2 is 1.59 bits per heavy atom. The number of rotatable bonds is 2. The molecule has 0 radical (unpaired) electrons. The maximum Gasteiger partial charge on any atom is 0.309 e. The lowest BCUT2D eigenvalue weighted by atomic mass is 9.32. The Labute approximate surface area is 215 Å². The number of carboxylic acid groups (broad SMARTS) is 1. The average molecular weight is 536 g/mol. The van der Waals surface area contributed by atoms with Gasteiger partial charge in [0.05, 0.1) is 10.2 Å². The van der Waals surface area contributed by atoms with Crippen LogP contribution in [0.3, 0.4) is 0 Å². The second-order valence-electron chi connectivity index (χ2n) is 14.9. The molecule has 5 aliphatic carbocycles. The molecule has 5 unspecified atom stereocenters. The highest BCUT2D eigenvalue weighted by Crippen LogP contribution is 2.77. The molecule has 0 heterocycles. The first-order valence-corrected chi connectivity index (χ1v) is 15.0. The van der Waals surface area contributed by atoms with Gasteiger partial charge in [-0.25, -0.2) is 0 Å². The number of carbonyl (C=O) groups excluding carboxylic acids is 1. The molecule has 0 bridgehead atoms. The summed E-state index contributed by atoms with van der Waals surface area (Å²) in [5, 5.41) is 10.5. The Balaban J connectivity index is 1.57. The number of alkyl halides is 1. The first-order valence-electron chi connectivity index (χ1n) is 14.1. The van der Waals surface area contributed by atoms with Crippen molar-refractivity contribution in [1.29, 1.82) is 0 Å². The van der Waals surface area contributed by atoms with E-state index in [0.29, 0.717) is 41.3 Å². The molecule has 1 N–H and O–H groups in total. The normalized spacial score (nSPS) is 54.1.